The summed E-state index contributed by atoms with van der Waals surface area (Å²) in [5, 5.41) is 9.63. The van der Waals surface area contributed by atoms with Crippen molar-refractivity contribution >= 4 is 0 Å². The van der Waals surface area contributed by atoms with Crippen LogP contribution in [0.3, 0.4) is 0 Å². The van der Waals surface area contributed by atoms with Crippen molar-refractivity contribution in [3.63, 3.8) is 0 Å². The third kappa shape index (κ3) is 3.26. The van der Waals surface area contributed by atoms with Gasteiger partial charge >= 0.3 is 0 Å². The summed E-state index contributed by atoms with van der Waals surface area (Å²) in [5.74, 6) is 0.316. The molecule has 2 atom stereocenters. The SMILES string of the molecule is CCN1CCN(C(CN)c2cccc(O)c2)C(C)C1. The van der Waals surface area contributed by atoms with E-state index in [9.17, 15) is 5.11 Å². The van der Waals surface area contributed by atoms with Gasteiger partial charge in [0.15, 0.2) is 0 Å². The van der Waals surface area contributed by atoms with Crippen molar-refractivity contribution in [1.82, 2.24) is 9.80 Å². The lowest BCUT2D eigenvalue weighted by atomic mass is 10.0. The Morgan fingerprint density at radius 1 is 1.42 bits per heavy atom. The first-order valence-corrected chi connectivity index (χ1v) is 7.12. The highest BCUT2D eigenvalue weighted by Gasteiger charge is 2.28. The smallest absolute Gasteiger partial charge is 0.115 e. The summed E-state index contributed by atoms with van der Waals surface area (Å²) in [6.07, 6.45) is 0. The van der Waals surface area contributed by atoms with Crippen LogP contribution in [0.5, 0.6) is 5.75 Å². The Hall–Kier alpha value is -1.10. The lowest BCUT2D eigenvalue weighted by molar-refractivity contribution is 0.0535. The minimum atomic E-state index is 0.195. The van der Waals surface area contributed by atoms with Gasteiger partial charge in [0.05, 0.1) is 0 Å². The molecule has 1 saturated heterocycles. The van der Waals surface area contributed by atoms with Crippen LogP contribution in [-0.4, -0.2) is 53.7 Å². The Morgan fingerprint density at radius 3 is 2.79 bits per heavy atom. The van der Waals surface area contributed by atoms with Crippen LogP contribution in [0.25, 0.3) is 0 Å². The molecule has 2 rings (SSSR count). The number of piperazine rings is 1. The van der Waals surface area contributed by atoms with Crippen molar-refractivity contribution in [1.29, 1.82) is 0 Å². The van der Waals surface area contributed by atoms with Crippen molar-refractivity contribution in [2.24, 2.45) is 5.73 Å². The van der Waals surface area contributed by atoms with Crippen LogP contribution in [0.15, 0.2) is 24.3 Å². The van der Waals surface area contributed by atoms with Gasteiger partial charge in [-0.05, 0) is 31.2 Å². The van der Waals surface area contributed by atoms with Crippen molar-refractivity contribution < 1.29 is 5.11 Å². The molecule has 4 nitrogen and oxygen atoms in total. The lowest BCUT2D eigenvalue weighted by Crippen LogP contribution is -2.53. The predicted octanol–water partition coefficient (Wildman–Crippen LogP) is 1.42. The molecule has 1 aliphatic heterocycles. The highest BCUT2D eigenvalue weighted by atomic mass is 16.3. The molecule has 0 amide bonds. The van der Waals surface area contributed by atoms with E-state index in [0.29, 0.717) is 18.3 Å². The van der Waals surface area contributed by atoms with E-state index in [4.69, 9.17) is 5.73 Å². The maximum Gasteiger partial charge on any atom is 0.115 e. The summed E-state index contributed by atoms with van der Waals surface area (Å²) in [6, 6.07) is 8.16. The van der Waals surface area contributed by atoms with Crippen molar-refractivity contribution in [3.8, 4) is 5.75 Å². The summed E-state index contributed by atoms with van der Waals surface area (Å²) in [5.41, 5.74) is 7.09. The van der Waals surface area contributed by atoms with E-state index in [1.807, 2.05) is 12.1 Å². The second-order valence-electron chi connectivity index (χ2n) is 5.33. The first-order chi connectivity index (χ1) is 9.15. The van der Waals surface area contributed by atoms with Crippen LogP contribution in [0.4, 0.5) is 0 Å². The van der Waals surface area contributed by atoms with E-state index in [2.05, 4.69) is 29.7 Å². The topological polar surface area (TPSA) is 52.7 Å². The Kier molecular flexibility index (Phi) is 4.80. The standard InChI is InChI=1S/C15H25N3O/c1-3-17-7-8-18(12(2)11-17)15(10-16)13-5-4-6-14(19)9-13/h4-6,9,12,15,19H,3,7-8,10-11,16H2,1-2H3. The van der Waals surface area contributed by atoms with Crippen LogP contribution in [-0.2, 0) is 0 Å². The zero-order chi connectivity index (χ0) is 13.8. The Balaban J connectivity index is 2.14. The van der Waals surface area contributed by atoms with E-state index in [1.54, 1.807) is 6.07 Å². The van der Waals surface area contributed by atoms with E-state index in [0.717, 1.165) is 31.7 Å². The number of aromatic hydroxyl groups is 1. The molecule has 0 spiro atoms. The van der Waals surface area contributed by atoms with Crippen LogP contribution < -0.4 is 5.73 Å². The monoisotopic (exact) mass is 263 g/mol. The van der Waals surface area contributed by atoms with Gasteiger partial charge in [-0.2, -0.15) is 0 Å². The number of phenolic OH excluding ortho intramolecular Hbond substituents is 1. The number of rotatable bonds is 4. The maximum absolute atomic E-state index is 9.63. The molecular formula is C15H25N3O. The molecule has 0 aromatic heterocycles. The van der Waals surface area contributed by atoms with Crippen molar-refractivity contribution in [2.45, 2.75) is 25.9 Å². The van der Waals surface area contributed by atoms with Gasteiger partial charge in [0.2, 0.25) is 0 Å². The zero-order valence-electron chi connectivity index (χ0n) is 11.9. The Bertz CT molecular complexity index is 410. The predicted molar refractivity (Wildman–Crippen MR) is 78.2 cm³/mol. The number of benzene rings is 1. The van der Waals surface area contributed by atoms with Gasteiger partial charge in [0.25, 0.3) is 0 Å². The molecule has 1 aromatic carbocycles. The molecule has 19 heavy (non-hydrogen) atoms. The minimum absolute atomic E-state index is 0.195. The Labute approximate surface area is 115 Å². The van der Waals surface area contributed by atoms with Gasteiger partial charge in [-0.15, -0.1) is 0 Å². The molecule has 2 unspecified atom stereocenters. The molecule has 1 aliphatic rings. The van der Waals surface area contributed by atoms with Gasteiger partial charge in [-0.25, -0.2) is 0 Å². The summed E-state index contributed by atoms with van der Waals surface area (Å²) in [4.78, 5) is 4.93. The van der Waals surface area contributed by atoms with E-state index >= 15 is 0 Å². The number of hydrogen-bond donors (Lipinski definition) is 2. The molecule has 106 valence electrons. The number of likely N-dealkylation sites (N-methyl/N-ethyl adjacent to an activating group) is 1. The van der Waals surface area contributed by atoms with Crippen molar-refractivity contribution in [2.75, 3.05) is 32.7 Å². The van der Waals surface area contributed by atoms with Gasteiger partial charge in [0, 0.05) is 38.3 Å². The molecule has 1 fully saturated rings. The van der Waals surface area contributed by atoms with E-state index in [-0.39, 0.29) is 6.04 Å². The summed E-state index contributed by atoms with van der Waals surface area (Å²) >= 11 is 0. The Morgan fingerprint density at radius 2 is 2.21 bits per heavy atom. The second kappa shape index (κ2) is 6.37. The average Bonchev–Trinajstić information content (AvgIpc) is 2.41. The normalized spacial score (nSPS) is 23.4. The number of phenols is 1. The van der Waals surface area contributed by atoms with Gasteiger partial charge in [-0.1, -0.05) is 19.1 Å². The quantitative estimate of drug-likeness (QED) is 0.862. The van der Waals surface area contributed by atoms with Crippen LogP contribution in [0.2, 0.25) is 0 Å². The van der Waals surface area contributed by atoms with Crippen molar-refractivity contribution in [3.05, 3.63) is 29.8 Å². The van der Waals surface area contributed by atoms with Gasteiger partial charge in [0.1, 0.15) is 5.75 Å². The fourth-order valence-electron chi connectivity index (χ4n) is 2.99. The largest absolute Gasteiger partial charge is 0.508 e. The second-order valence-corrected chi connectivity index (χ2v) is 5.33. The molecule has 0 saturated carbocycles. The van der Waals surface area contributed by atoms with Gasteiger partial charge < -0.3 is 15.7 Å². The molecule has 1 aromatic rings. The highest BCUT2D eigenvalue weighted by Crippen LogP contribution is 2.26. The third-order valence-electron chi connectivity index (χ3n) is 4.09. The maximum atomic E-state index is 9.63. The molecule has 3 N–H and O–H groups in total. The first-order valence-electron chi connectivity index (χ1n) is 7.12. The average molecular weight is 263 g/mol. The molecule has 4 heteroatoms. The number of nitrogens with two attached hydrogens (primary N) is 1. The van der Waals surface area contributed by atoms with Crippen LogP contribution in [0.1, 0.15) is 25.5 Å². The summed E-state index contributed by atoms with van der Waals surface area (Å²) in [7, 11) is 0. The fraction of sp³-hybridized carbons (Fsp3) is 0.600. The van der Waals surface area contributed by atoms with E-state index < -0.39 is 0 Å². The number of nitrogens with zero attached hydrogens (tertiary/aromatic N) is 2. The zero-order valence-corrected chi connectivity index (χ0v) is 11.9. The molecule has 0 radical (unpaired) electrons. The molecule has 0 bridgehead atoms. The first kappa shape index (κ1) is 14.3. The summed E-state index contributed by atoms with van der Waals surface area (Å²) < 4.78 is 0. The van der Waals surface area contributed by atoms with Gasteiger partial charge in [-0.3, -0.25) is 4.90 Å². The minimum Gasteiger partial charge on any atom is -0.508 e. The van der Waals surface area contributed by atoms with E-state index in [1.165, 1.54) is 0 Å². The molecule has 0 aliphatic carbocycles. The van der Waals surface area contributed by atoms with Crippen LogP contribution >= 0.6 is 0 Å². The van der Waals surface area contributed by atoms with Crippen LogP contribution in [0, 0.1) is 0 Å². The number of hydrogen-bond acceptors (Lipinski definition) is 4. The highest BCUT2D eigenvalue weighted by molar-refractivity contribution is 5.29. The fourth-order valence-corrected chi connectivity index (χ4v) is 2.99. The molecular weight excluding hydrogens is 238 g/mol. The third-order valence-corrected chi connectivity index (χ3v) is 4.09. The molecule has 1 heterocycles. The lowest BCUT2D eigenvalue weighted by Gasteiger charge is -2.43. The summed E-state index contributed by atoms with van der Waals surface area (Å²) in [6.45, 7) is 9.37.